The van der Waals surface area contributed by atoms with Gasteiger partial charge in [-0.3, -0.25) is 14.4 Å². The molecule has 0 saturated carbocycles. The fourth-order valence-corrected chi connectivity index (χ4v) is 6.96. The number of carbonyl (C=O) groups excluding carboxylic acids is 3. The molecule has 0 bridgehead atoms. The molecule has 0 radical (unpaired) electrons. The van der Waals surface area contributed by atoms with E-state index < -0.39 is 11.6 Å². The van der Waals surface area contributed by atoms with Crippen LogP contribution in [-0.2, 0) is 15.1 Å². The van der Waals surface area contributed by atoms with Crippen molar-refractivity contribution >= 4 is 44.7 Å². The minimum Gasteiger partial charge on any atom is -0.398 e. The van der Waals surface area contributed by atoms with Crippen LogP contribution in [0.5, 0.6) is 0 Å². The maximum atomic E-state index is 13.9. The summed E-state index contributed by atoms with van der Waals surface area (Å²) in [5.74, 6) is -0.865. The second-order valence-corrected chi connectivity index (χ2v) is 11.0. The number of nitrogens with two attached hydrogens (primary N) is 3. The summed E-state index contributed by atoms with van der Waals surface area (Å²) < 4.78 is 0.687. The molecular weight excluding hydrogens is 486 g/mol. The number of carbonyl (C=O) groups is 3. The van der Waals surface area contributed by atoms with Gasteiger partial charge in [-0.2, -0.15) is 0 Å². The Kier molecular flexibility index (Phi) is 6.18. The zero-order valence-corrected chi connectivity index (χ0v) is 21.8. The number of likely N-dealkylation sites (tertiary alicyclic amines) is 1. The molecule has 0 spiro atoms. The lowest BCUT2D eigenvalue weighted by Gasteiger charge is -2.37. The van der Waals surface area contributed by atoms with Crippen LogP contribution in [0.1, 0.15) is 56.4 Å². The van der Waals surface area contributed by atoms with Gasteiger partial charge in [0.2, 0.25) is 5.91 Å². The van der Waals surface area contributed by atoms with E-state index >= 15 is 0 Å². The summed E-state index contributed by atoms with van der Waals surface area (Å²) >= 11 is 1.22. The van der Waals surface area contributed by atoms with Crippen molar-refractivity contribution in [3.8, 4) is 0 Å². The van der Waals surface area contributed by atoms with Gasteiger partial charge < -0.3 is 27.4 Å². The molecule has 7 N–H and O–H groups in total. The van der Waals surface area contributed by atoms with Gasteiger partial charge in [-0.15, -0.1) is 11.3 Å². The van der Waals surface area contributed by atoms with Crippen molar-refractivity contribution in [1.29, 1.82) is 0 Å². The molecule has 1 aliphatic carbocycles. The first-order chi connectivity index (χ1) is 17.6. The quantitative estimate of drug-likeness (QED) is 0.309. The monoisotopic (exact) mass is 517 g/mol. The average molecular weight is 518 g/mol. The molecule has 192 valence electrons. The lowest BCUT2D eigenvalue weighted by Crippen LogP contribution is -2.53. The first kappa shape index (κ1) is 25.1. The summed E-state index contributed by atoms with van der Waals surface area (Å²) in [6.07, 6.45) is 2.79. The minimum absolute atomic E-state index is 0.161. The first-order valence-electron chi connectivity index (χ1n) is 12.3. The first-order valence-corrected chi connectivity index (χ1v) is 13.1. The Morgan fingerprint density at radius 1 is 1.22 bits per heavy atom. The third-order valence-corrected chi connectivity index (χ3v) is 8.82. The van der Waals surface area contributed by atoms with E-state index in [1.165, 1.54) is 17.4 Å². The van der Waals surface area contributed by atoms with E-state index in [-0.39, 0.29) is 23.6 Å². The summed E-state index contributed by atoms with van der Waals surface area (Å²) in [6.45, 7) is 8.49. The Morgan fingerprint density at radius 3 is 2.65 bits per heavy atom. The molecule has 3 aromatic rings. The predicted octanol–water partition coefficient (Wildman–Crippen LogP) is 2.79. The number of nitrogen functional groups attached to an aromatic ring is 1. The summed E-state index contributed by atoms with van der Waals surface area (Å²) in [7, 11) is 0. The van der Waals surface area contributed by atoms with Crippen molar-refractivity contribution < 1.29 is 14.4 Å². The summed E-state index contributed by atoms with van der Waals surface area (Å²) in [5, 5.41) is 3.73. The van der Waals surface area contributed by atoms with Gasteiger partial charge >= 0.3 is 0 Å². The molecular formula is C28H31N5O3S. The molecule has 2 amide bonds. The number of piperidine rings is 1. The number of ketones is 1. The fourth-order valence-electron chi connectivity index (χ4n) is 5.76. The van der Waals surface area contributed by atoms with Gasteiger partial charge in [0, 0.05) is 35.8 Å². The number of benzene rings is 2. The fraction of sp³-hybridized carbons (Fsp3) is 0.321. The molecule has 2 aliphatic rings. The standard InChI is InChI=1S/C28H31N5O3S/c1-4-20(34)33-11-5-6-16(13-33)32-27(36)25-22-21-18(9-10-19(29)24(21)37-25)28(31,26(35)23(22)30)17-8-7-14(2)12-15(17)3/h4,7-10,12,16,23H,1,5-6,11,13,29-31H2,2-3H3,(H,32,36). The average Bonchev–Trinajstić information content (AvgIpc) is 3.28. The number of nitrogens with one attached hydrogen (secondary N) is 1. The highest BCUT2D eigenvalue weighted by Gasteiger charge is 2.49. The van der Waals surface area contributed by atoms with E-state index in [1.807, 2.05) is 32.0 Å². The zero-order valence-electron chi connectivity index (χ0n) is 21.0. The maximum absolute atomic E-state index is 13.9. The van der Waals surface area contributed by atoms with Crippen molar-refractivity contribution in [2.24, 2.45) is 11.5 Å². The van der Waals surface area contributed by atoms with Gasteiger partial charge in [0.15, 0.2) is 5.78 Å². The third kappa shape index (κ3) is 3.85. The van der Waals surface area contributed by atoms with E-state index in [0.717, 1.165) is 24.0 Å². The number of amides is 2. The van der Waals surface area contributed by atoms with Crippen LogP contribution >= 0.6 is 11.3 Å². The van der Waals surface area contributed by atoms with Crippen molar-refractivity contribution in [3.63, 3.8) is 0 Å². The smallest absolute Gasteiger partial charge is 0.262 e. The molecule has 9 heteroatoms. The molecule has 1 aromatic heterocycles. The van der Waals surface area contributed by atoms with E-state index in [1.54, 1.807) is 17.0 Å². The van der Waals surface area contributed by atoms with E-state index in [4.69, 9.17) is 17.2 Å². The van der Waals surface area contributed by atoms with E-state index in [2.05, 4.69) is 11.9 Å². The normalized spacial score (nSPS) is 23.2. The highest BCUT2D eigenvalue weighted by molar-refractivity contribution is 7.21. The minimum atomic E-state index is -1.47. The molecule has 5 rings (SSSR count). The number of hydrogen-bond acceptors (Lipinski definition) is 7. The van der Waals surface area contributed by atoms with Crippen LogP contribution in [-0.4, -0.2) is 41.6 Å². The number of nitrogens with zero attached hydrogens (tertiary/aromatic N) is 1. The number of anilines is 1. The largest absolute Gasteiger partial charge is 0.398 e. The van der Waals surface area contributed by atoms with Crippen LogP contribution in [0.25, 0.3) is 10.1 Å². The number of thiophene rings is 1. The van der Waals surface area contributed by atoms with Gasteiger partial charge in [0.25, 0.3) is 5.91 Å². The lowest BCUT2D eigenvalue weighted by molar-refractivity contribution is -0.127. The second-order valence-electron chi connectivity index (χ2n) is 10.0. The summed E-state index contributed by atoms with van der Waals surface area (Å²) in [6, 6.07) is 7.98. The van der Waals surface area contributed by atoms with Crippen LogP contribution in [0, 0.1) is 13.8 Å². The van der Waals surface area contributed by atoms with Crippen LogP contribution < -0.4 is 22.5 Å². The van der Waals surface area contributed by atoms with Gasteiger partial charge in [-0.1, -0.05) is 36.4 Å². The number of aryl methyl sites for hydroxylation is 2. The van der Waals surface area contributed by atoms with Gasteiger partial charge in [0.05, 0.1) is 15.6 Å². The van der Waals surface area contributed by atoms with Crippen molar-refractivity contribution in [2.45, 2.75) is 44.3 Å². The molecule has 3 atom stereocenters. The van der Waals surface area contributed by atoms with Crippen LogP contribution in [0.4, 0.5) is 5.69 Å². The molecule has 8 nitrogen and oxygen atoms in total. The topological polar surface area (TPSA) is 145 Å². The van der Waals surface area contributed by atoms with Crippen LogP contribution in [0.15, 0.2) is 43.0 Å². The summed E-state index contributed by atoms with van der Waals surface area (Å²) in [4.78, 5) is 41.6. The lowest BCUT2D eigenvalue weighted by atomic mass is 9.69. The van der Waals surface area contributed by atoms with Crippen molar-refractivity contribution in [3.05, 3.63) is 75.7 Å². The molecule has 3 unspecified atom stereocenters. The molecule has 2 aromatic carbocycles. The SMILES string of the molecule is C=CC(=O)N1CCCC(NC(=O)c2sc3c(N)ccc4c3c2C(N)C(=O)C4(N)c2ccc(C)cc2C)C1. The van der Waals surface area contributed by atoms with Gasteiger partial charge in [-0.05, 0) is 55.5 Å². The zero-order chi connectivity index (χ0) is 26.6. The Labute approximate surface area is 219 Å². The van der Waals surface area contributed by atoms with E-state index in [9.17, 15) is 14.4 Å². The Balaban J connectivity index is 1.61. The van der Waals surface area contributed by atoms with Crippen LogP contribution in [0.3, 0.4) is 0 Å². The summed E-state index contributed by atoms with van der Waals surface area (Å²) in [5.41, 5.74) is 22.6. The van der Waals surface area contributed by atoms with Gasteiger partial charge in [-0.25, -0.2) is 0 Å². The Morgan fingerprint density at radius 2 is 1.95 bits per heavy atom. The van der Waals surface area contributed by atoms with Gasteiger partial charge in [0.1, 0.15) is 5.54 Å². The number of rotatable bonds is 4. The molecule has 2 heterocycles. The van der Waals surface area contributed by atoms with Crippen LogP contribution in [0.2, 0.25) is 0 Å². The highest BCUT2D eigenvalue weighted by Crippen LogP contribution is 2.49. The number of hydrogen-bond donors (Lipinski definition) is 4. The maximum Gasteiger partial charge on any atom is 0.262 e. The highest BCUT2D eigenvalue weighted by atomic mass is 32.1. The second kappa shape index (κ2) is 9.09. The molecule has 37 heavy (non-hydrogen) atoms. The predicted molar refractivity (Wildman–Crippen MR) is 146 cm³/mol. The molecule has 1 fully saturated rings. The Hall–Kier alpha value is -3.53. The van der Waals surface area contributed by atoms with Crippen molar-refractivity contribution in [2.75, 3.05) is 18.8 Å². The van der Waals surface area contributed by atoms with E-state index in [0.29, 0.717) is 50.4 Å². The number of Topliss-reactive ketones (excluding diaryl/α,β-unsaturated/α-hetero) is 1. The Bertz CT molecular complexity index is 1480. The third-order valence-electron chi connectivity index (χ3n) is 7.57. The molecule has 1 saturated heterocycles. The van der Waals surface area contributed by atoms with Crippen molar-refractivity contribution in [1.82, 2.24) is 10.2 Å². The molecule has 1 aliphatic heterocycles.